The standard InChI is InChI=1S/C22H21N7O4S/c1-13-2-8-17(9-3-13)34(32,33)29(11-14-4-6-15(7-5-14)21(30)31)12-16-10-25-20-18(26-16)19(23)27-22(24)28-20/h2-10H,11-12H2,1H3,(H,30,31)(H4,23,24,25,27,28). The lowest BCUT2D eigenvalue weighted by molar-refractivity contribution is 0.0697. The summed E-state index contributed by atoms with van der Waals surface area (Å²) < 4.78 is 28.3. The van der Waals surface area contributed by atoms with Crippen molar-refractivity contribution in [2.45, 2.75) is 24.9 Å². The van der Waals surface area contributed by atoms with Crippen LogP contribution in [0.4, 0.5) is 11.8 Å². The van der Waals surface area contributed by atoms with Crippen molar-refractivity contribution in [1.82, 2.24) is 24.2 Å². The zero-order valence-corrected chi connectivity index (χ0v) is 18.9. The topological polar surface area (TPSA) is 178 Å². The fraction of sp³-hybridized carbons (Fsp3) is 0.136. The minimum absolute atomic E-state index is 0.0243. The second-order valence-electron chi connectivity index (χ2n) is 7.59. The number of nitrogens with two attached hydrogens (primary N) is 2. The van der Waals surface area contributed by atoms with E-state index in [2.05, 4.69) is 19.9 Å². The number of aromatic carboxylic acids is 1. The van der Waals surface area contributed by atoms with Crippen LogP contribution < -0.4 is 11.5 Å². The Hall–Kier alpha value is -4.16. The van der Waals surface area contributed by atoms with Gasteiger partial charge >= 0.3 is 5.97 Å². The Labute approximate surface area is 195 Å². The van der Waals surface area contributed by atoms with Crippen LogP contribution in [0.2, 0.25) is 0 Å². The summed E-state index contributed by atoms with van der Waals surface area (Å²) in [4.78, 5) is 27.7. The van der Waals surface area contributed by atoms with Gasteiger partial charge in [-0.05, 0) is 36.8 Å². The number of hydrogen-bond donors (Lipinski definition) is 3. The zero-order chi connectivity index (χ0) is 24.5. The van der Waals surface area contributed by atoms with Crippen molar-refractivity contribution in [2.75, 3.05) is 11.5 Å². The van der Waals surface area contributed by atoms with Gasteiger partial charge in [-0.25, -0.2) is 23.2 Å². The molecular weight excluding hydrogens is 458 g/mol. The first-order chi connectivity index (χ1) is 16.1. The van der Waals surface area contributed by atoms with Gasteiger partial charge in [0.1, 0.15) is 0 Å². The highest BCUT2D eigenvalue weighted by molar-refractivity contribution is 7.89. The van der Waals surface area contributed by atoms with Crippen molar-refractivity contribution in [3.63, 3.8) is 0 Å². The van der Waals surface area contributed by atoms with Gasteiger partial charge in [-0.15, -0.1) is 0 Å². The summed E-state index contributed by atoms with van der Waals surface area (Å²) in [6.45, 7) is 1.72. The minimum atomic E-state index is -3.94. The molecule has 174 valence electrons. The number of rotatable bonds is 7. The summed E-state index contributed by atoms with van der Waals surface area (Å²) in [5.41, 5.74) is 13.9. The van der Waals surface area contributed by atoms with Gasteiger partial charge in [0.15, 0.2) is 17.0 Å². The quantitative estimate of drug-likeness (QED) is 0.355. The number of sulfonamides is 1. The Morgan fingerprint density at radius 2 is 1.65 bits per heavy atom. The van der Waals surface area contributed by atoms with Gasteiger partial charge in [-0.3, -0.25) is 0 Å². The predicted octanol–water partition coefficient (Wildman–Crippen LogP) is 1.98. The Kier molecular flexibility index (Phi) is 6.09. The van der Waals surface area contributed by atoms with Gasteiger partial charge in [0.25, 0.3) is 0 Å². The van der Waals surface area contributed by atoms with Crippen LogP contribution in [-0.2, 0) is 23.1 Å². The van der Waals surface area contributed by atoms with Crippen LogP contribution in [0.1, 0.15) is 27.2 Å². The highest BCUT2D eigenvalue weighted by Gasteiger charge is 2.26. The van der Waals surface area contributed by atoms with E-state index in [1.54, 1.807) is 24.3 Å². The summed E-state index contributed by atoms with van der Waals surface area (Å²) >= 11 is 0. The maximum atomic E-state index is 13.5. The number of anilines is 2. The number of aryl methyl sites for hydroxylation is 1. The molecule has 0 atom stereocenters. The fourth-order valence-corrected chi connectivity index (χ4v) is 4.68. The van der Waals surface area contributed by atoms with E-state index in [0.29, 0.717) is 11.3 Å². The van der Waals surface area contributed by atoms with Crippen LogP contribution in [0.5, 0.6) is 0 Å². The van der Waals surface area contributed by atoms with Crippen molar-refractivity contribution >= 4 is 38.9 Å². The second-order valence-corrected chi connectivity index (χ2v) is 9.53. The summed E-state index contributed by atoms with van der Waals surface area (Å²) in [5.74, 6) is -1.07. The monoisotopic (exact) mass is 479 g/mol. The minimum Gasteiger partial charge on any atom is -0.478 e. The molecule has 11 nitrogen and oxygen atoms in total. The fourth-order valence-electron chi connectivity index (χ4n) is 3.28. The first kappa shape index (κ1) is 23.0. The summed E-state index contributed by atoms with van der Waals surface area (Å²) in [5, 5.41) is 9.13. The van der Waals surface area contributed by atoms with Gasteiger partial charge in [0.05, 0.1) is 28.9 Å². The molecular formula is C22H21N7O4S. The number of nitrogen functional groups attached to an aromatic ring is 2. The average molecular weight is 480 g/mol. The van der Waals surface area contributed by atoms with Crippen molar-refractivity contribution in [2.24, 2.45) is 0 Å². The average Bonchev–Trinajstić information content (AvgIpc) is 2.79. The molecule has 0 saturated carbocycles. The largest absolute Gasteiger partial charge is 0.478 e. The Morgan fingerprint density at radius 1 is 0.971 bits per heavy atom. The highest BCUT2D eigenvalue weighted by atomic mass is 32.2. The molecule has 0 amide bonds. The van der Waals surface area contributed by atoms with Crippen LogP contribution in [-0.4, -0.2) is 43.7 Å². The number of carboxylic acids is 1. The molecule has 0 aliphatic rings. The summed E-state index contributed by atoms with van der Waals surface area (Å²) in [7, 11) is -3.94. The van der Waals surface area contributed by atoms with Crippen LogP contribution in [0.15, 0.2) is 59.6 Å². The van der Waals surface area contributed by atoms with Crippen molar-refractivity contribution in [1.29, 1.82) is 0 Å². The number of fused-ring (bicyclic) bond motifs is 1. The predicted molar refractivity (Wildman–Crippen MR) is 125 cm³/mol. The van der Waals surface area contributed by atoms with E-state index in [-0.39, 0.29) is 46.5 Å². The molecule has 2 heterocycles. The number of nitrogens with zero attached hydrogens (tertiary/aromatic N) is 5. The molecule has 0 aliphatic carbocycles. The third-order valence-corrected chi connectivity index (χ3v) is 6.86. The van der Waals surface area contributed by atoms with Gasteiger partial charge in [0.2, 0.25) is 16.0 Å². The SMILES string of the molecule is Cc1ccc(S(=O)(=O)N(Cc2ccc(C(=O)O)cc2)Cc2cnc3nc(N)nc(N)c3n2)cc1. The highest BCUT2D eigenvalue weighted by Crippen LogP contribution is 2.23. The second kappa shape index (κ2) is 9.00. The molecule has 4 aromatic rings. The molecule has 2 aromatic heterocycles. The van der Waals surface area contributed by atoms with Crippen molar-refractivity contribution in [3.05, 3.63) is 77.1 Å². The molecule has 34 heavy (non-hydrogen) atoms. The third-order valence-electron chi connectivity index (χ3n) is 5.06. The van der Waals surface area contributed by atoms with E-state index in [4.69, 9.17) is 16.6 Å². The summed E-state index contributed by atoms with van der Waals surface area (Å²) in [6.07, 6.45) is 1.40. The molecule has 0 fully saturated rings. The number of benzene rings is 2. The first-order valence-corrected chi connectivity index (χ1v) is 11.5. The van der Waals surface area contributed by atoms with Crippen molar-refractivity contribution < 1.29 is 18.3 Å². The van der Waals surface area contributed by atoms with E-state index < -0.39 is 16.0 Å². The molecule has 12 heteroatoms. The zero-order valence-electron chi connectivity index (χ0n) is 18.1. The maximum absolute atomic E-state index is 13.5. The van der Waals surface area contributed by atoms with Crippen LogP contribution in [0, 0.1) is 6.92 Å². The molecule has 5 N–H and O–H groups in total. The number of carboxylic acid groups (broad SMARTS) is 1. The van der Waals surface area contributed by atoms with Gasteiger partial charge in [-0.2, -0.15) is 14.3 Å². The third kappa shape index (κ3) is 4.77. The Balaban J connectivity index is 1.73. The van der Waals surface area contributed by atoms with Gasteiger partial charge in [0, 0.05) is 6.54 Å². The Morgan fingerprint density at radius 3 is 2.29 bits per heavy atom. The normalized spacial score (nSPS) is 11.7. The van der Waals surface area contributed by atoms with Crippen molar-refractivity contribution in [3.8, 4) is 0 Å². The molecule has 4 rings (SSSR count). The van der Waals surface area contributed by atoms with E-state index in [1.807, 2.05) is 6.92 Å². The van der Waals surface area contributed by atoms with Crippen LogP contribution in [0.3, 0.4) is 0 Å². The molecule has 0 aliphatic heterocycles. The number of carbonyl (C=O) groups is 1. The summed E-state index contributed by atoms with van der Waals surface area (Å²) in [6, 6.07) is 12.5. The van der Waals surface area contributed by atoms with E-state index in [1.165, 1.54) is 34.8 Å². The molecule has 0 bridgehead atoms. The molecule has 0 spiro atoms. The maximum Gasteiger partial charge on any atom is 0.335 e. The lowest BCUT2D eigenvalue weighted by Gasteiger charge is -2.22. The van der Waals surface area contributed by atoms with E-state index in [9.17, 15) is 13.2 Å². The molecule has 0 saturated heterocycles. The van der Waals surface area contributed by atoms with Gasteiger partial charge in [-0.1, -0.05) is 29.8 Å². The Bertz CT molecular complexity index is 1470. The lowest BCUT2D eigenvalue weighted by Crippen LogP contribution is -2.30. The van der Waals surface area contributed by atoms with Gasteiger partial charge < -0.3 is 16.6 Å². The first-order valence-electron chi connectivity index (χ1n) is 10.1. The number of aromatic nitrogens is 4. The smallest absolute Gasteiger partial charge is 0.335 e. The van der Waals surface area contributed by atoms with Crippen LogP contribution >= 0.6 is 0 Å². The molecule has 2 aromatic carbocycles. The lowest BCUT2D eigenvalue weighted by atomic mass is 10.1. The van der Waals surface area contributed by atoms with E-state index in [0.717, 1.165) is 5.56 Å². The molecule has 0 unspecified atom stereocenters. The number of hydrogen-bond acceptors (Lipinski definition) is 9. The van der Waals surface area contributed by atoms with Crippen LogP contribution in [0.25, 0.3) is 11.2 Å². The van der Waals surface area contributed by atoms with E-state index >= 15 is 0 Å². The molecule has 0 radical (unpaired) electrons.